The van der Waals surface area contributed by atoms with Gasteiger partial charge in [0.25, 0.3) is 0 Å². The first kappa shape index (κ1) is 27.2. The molecule has 4 aromatic carbocycles. The molecule has 0 saturated carbocycles. The summed E-state index contributed by atoms with van der Waals surface area (Å²) in [6.07, 6.45) is 4.63. The number of para-hydroxylation sites is 1. The Morgan fingerprint density at radius 3 is 2.60 bits per heavy atom. The summed E-state index contributed by atoms with van der Waals surface area (Å²) in [6, 6.07) is 25.8. The molecule has 224 valence electrons. The molecule has 0 aromatic heterocycles. The number of ether oxygens (including phenoxy) is 3. The van der Waals surface area contributed by atoms with E-state index in [-0.39, 0.29) is 24.3 Å². The summed E-state index contributed by atoms with van der Waals surface area (Å²) in [7, 11) is 0. The third-order valence-electron chi connectivity index (χ3n) is 9.37. The summed E-state index contributed by atoms with van der Waals surface area (Å²) < 4.78 is 17.0. The maximum Gasteiger partial charge on any atom is 0.238 e. The third kappa shape index (κ3) is 3.94. The van der Waals surface area contributed by atoms with E-state index in [1.807, 2.05) is 78.7 Å². The van der Waals surface area contributed by atoms with Crippen molar-refractivity contribution in [3.63, 3.8) is 0 Å². The molecule has 4 aliphatic heterocycles. The number of benzene rings is 4. The SMILES string of the molecule is CCCOc1cccc(C(=O)[C@H]2[C@H](C(=O)c3ccc4c(c3)OCO4)N3C=Cc4ccccc4[C@@H]3[C@]23C(=O)Nc2ccccc23)c1. The van der Waals surface area contributed by atoms with Crippen LogP contribution in [0.1, 0.15) is 56.8 Å². The van der Waals surface area contributed by atoms with Crippen LogP contribution in [0.3, 0.4) is 0 Å². The second-order valence-corrected chi connectivity index (χ2v) is 11.8. The number of nitrogens with one attached hydrogen (secondary N) is 1. The maximum absolute atomic E-state index is 15.1. The smallest absolute Gasteiger partial charge is 0.238 e. The van der Waals surface area contributed by atoms with E-state index in [0.717, 1.165) is 17.5 Å². The van der Waals surface area contributed by atoms with Crippen molar-refractivity contribution in [2.24, 2.45) is 5.92 Å². The Bertz CT molecular complexity index is 1920. The quantitative estimate of drug-likeness (QED) is 0.254. The molecule has 0 bridgehead atoms. The highest BCUT2D eigenvalue weighted by Crippen LogP contribution is 2.62. The van der Waals surface area contributed by atoms with Crippen molar-refractivity contribution < 1.29 is 28.6 Å². The molecular weight excluding hydrogens is 568 g/mol. The number of anilines is 1. The monoisotopic (exact) mass is 598 g/mol. The minimum Gasteiger partial charge on any atom is -0.494 e. The number of ketones is 2. The van der Waals surface area contributed by atoms with Crippen LogP contribution in [0.5, 0.6) is 17.2 Å². The summed E-state index contributed by atoms with van der Waals surface area (Å²) in [5, 5.41) is 3.09. The van der Waals surface area contributed by atoms with Crippen LogP contribution in [0.15, 0.2) is 97.2 Å². The summed E-state index contributed by atoms with van der Waals surface area (Å²) in [4.78, 5) is 46.5. The lowest BCUT2D eigenvalue weighted by atomic mass is 9.62. The average molecular weight is 599 g/mol. The molecule has 4 aliphatic rings. The van der Waals surface area contributed by atoms with Crippen molar-refractivity contribution in [3.8, 4) is 17.2 Å². The highest BCUT2D eigenvalue weighted by Gasteiger charge is 2.70. The van der Waals surface area contributed by atoms with Crippen LogP contribution in [-0.4, -0.2) is 41.8 Å². The van der Waals surface area contributed by atoms with Gasteiger partial charge in [0.2, 0.25) is 12.7 Å². The van der Waals surface area contributed by atoms with E-state index in [1.165, 1.54) is 0 Å². The summed E-state index contributed by atoms with van der Waals surface area (Å²) in [5.41, 5.74) is 2.50. The van der Waals surface area contributed by atoms with Crippen LogP contribution in [0.25, 0.3) is 6.08 Å². The molecule has 45 heavy (non-hydrogen) atoms. The number of carbonyl (C=O) groups is 3. The Kier molecular flexibility index (Phi) is 6.27. The zero-order valence-corrected chi connectivity index (χ0v) is 24.6. The third-order valence-corrected chi connectivity index (χ3v) is 9.37. The second-order valence-electron chi connectivity index (χ2n) is 11.8. The van der Waals surface area contributed by atoms with Gasteiger partial charge >= 0.3 is 0 Å². The van der Waals surface area contributed by atoms with E-state index >= 15 is 4.79 Å². The van der Waals surface area contributed by atoms with E-state index in [0.29, 0.717) is 46.2 Å². The Morgan fingerprint density at radius 2 is 1.71 bits per heavy atom. The Morgan fingerprint density at radius 1 is 0.911 bits per heavy atom. The molecule has 4 heterocycles. The highest BCUT2D eigenvalue weighted by molar-refractivity contribution is 6.16. The van der Waals surface area contributed by atoms with Gasteiger partial charge in [-0.2, -0.15) is 0 Å². The Hall–Kier alpha value is -5.37. The summed E-state index contributed by atoms with van der Waals surface area (Å²) in [5.74, 6) is -0.385. The largest absolute Gasteiger partial charge is 0.494 e. The molecule has 0 aliphatic carbocycles. The first-order valence-electron chi connectivity index (χ1n) is 15.2. The lowest BCUT2D eigenvalue weighted by Crippen LogP contribution is -2.49. The molecule has 0 unspecified atom stereocenters. The fourth-order valence-corrected chi connectivity index (χ4v) is 7.53. The molecule has 4 atom stereocenters. The number of rotatable bonds is 7. The van der Waals surface area contributed by atoms with Gasteiger partial charge in [0.15, 0.2) is 23.1 Å². The fourth-order valence-electron chi connectivity index (χ4n) is 7.53. The number of nitrogens with zero attached hydrogens (tertiary/aromatic N) is 1. The number of amides is 1. The molecule has 8 heteroatoms. The zero-order chi connectivity index (χ0) is 30.7. The number of Topliss-reactive ketones (excluding diaryl/α,β-unsaturated/α-hetero) is 2. The molecule has 1 N–H and O–H groups in total. The van der Waals surface area contributed by atoms with Gasteiger partial charge in [-0.05, 0) is 65.6 Å². The van der Waals surface area contributed by atoms with Gasteiger partial charge in [-0.3, -0.25) is 14.4 Å². The molecule has 0 radical (unpaired) electrons. The fraction of sp³-hybridized carbons (Fsp3) is 0.216. The van der Waals surface area contributed by atoms with Crippen LogP contribution in [0, 0.1) is 5.92 Å². The van der Waals surface area contributed by atoms with Crippen LogP contribution < -0.4 is 19.5 Å². The topological polar surface area (TPSA) is 94.2 Å². The van der Waals surface area contributed by atoms with Gasteiger partial charge in [-0.25, -0.2) is 0 Å². The highest BCUT2D eigenvalue weighted by atomic mass is 16.7. The van der Waals surface area contributed by atoms with Crippen molar-refractivity contribution in [2.75, 3.05) is 18.7 Å². The standard InChI is InChI=1S/C37H30N2O6/c1-2-18-43-25-10-7-9-23(19-25)33(40)31-32(34(41)24-14-15-29-30(20-24)45-21-44-29)39-17-16-22-8-3-4-11-26(22)35(39)37(31)27-12-5-6-13-28(27)38-36(37)42/h3-17,19-20,31-32,35H,2,18,21H2,1H3,(H,38,42)/t31-,32-,35-,37-/m1/s1. The molecule has 4 aromatic rings. The van der Waals surface area contributed by atoms with Crippen LogP contribution in [-0.2, 0) is 10.2 Å². The molecule has 8 nitrogen and oxygen atoms in total. The molecular formula is C37H30N2O6. The van der Waals surface area contributed by atoms with Crippen LogP contribution >= 0.6 is 0 Å². The minimum atomic E-state index is -1.41. The summed E-state index contributed by atoms with van der Waals surface area (Å²) >= 11 is 0. The van der Waals surface area contributed by atoms with E-state index in [1.54, 1.807) is 36.4 Å². The van der Waals surface area contributed by atoms with Gasteiger partial charge in [0, 0.05) is 23.0 Å². The van der Waals surface area contributed by atoms with Crippen molar-refractivity contribution in [1.82, 2.24) is 4.90 Å². The number of fused-ring (bicyclic) bond motifs is 7. The Balaban J connectivity index is 1.37. The molecule has 8 rings (SSSR count). The van der Waals surface area contributed by atoms with Gasteiger partial charge in [0.05, 0.1) is 18.6 Å². The van der Waals surface area contributed by atoms with E-state index in [2.05, 4.69) is 5.32 Å². The first-order valence-corrected chi connectivity index (χ1v) is 15.2. The predicted octanol–water partition coefficient (Wildman–Crippen LogP) is 6.19. The van der Waals surface area contributed by atoms with Crippen LogP contribution in [0.2, 0.25) is 0 Å². The van der Waals surface area contributed by atoms with Gasteiger partial charge in [-0.15, -0.1) is 0 Å². The first-order chi connectivity index (χ1) is 22.0. The van der Waals surface area contributed by atoms with Gasteiger partial charge in [0.1, 0.15) is 17.2 Å². The molecule has 1 spiro atoms. The summed E-state index contributed by atoms with van der Waals surface area (Å²) in [6.45, 7) is 2.59. The van der Waals surface area contributed by atoms with Crippen LogP contribution in [0.4, 0.5) is 5.69 Å². The second kappa shape index (κ2) is 10.4. The van der Waals surface area contributed by atoms with Gasteiger partial charge in [-0.1, -0.05) is 61.5 Å². The normalized spacial score (nSPS) is 23.4. The minimum absolute atomic E-state index is 0.0712. The van der Waals surface area contributed by atoms with Crippen molar-refractivity contribution >= 4 is 29.2 Å². The predicted molar refractivity (Wildman–Crippen MR) is 168 cm³/mol. The maximum atomic E-state index is 15.1. The number of carbonyl (C=O) groups excluding carboxylic acids is 3. The van der Waals surface area contributed by atoms with E-state index in [9.17, 15) is 9.59 Å². The van der Waals surface area contributed by atoms with E-state index < -0.39 is 23.4 Å². The molecule has 1 amide bonds. The zero-order valence-electron chi connectivity index (χ0n) is 24.6. The lowest BCUT2D eigenvalue weighted by Gasteiger charge is -2.38. The number of hydrogen-bond acceptors (Lipinski definition) is 7. The average Bonchev–Trinajstić information content (AvgIpc) is 3.76. The number of hydrogen-bond donors (Lipinski definition) is 1. The van der Waals surface area contributed by atoms with Crippen molar-refractivity contribution in [2.45, 2.75) is 30.8 Å². The molecule has 1 saturated heterocycles. The molecule has 1 fully saturated rings. The van der Waals surface area contributed by atoms with Gasteiger partial charge < -0.3 is 24.4 Å². The van der Waals surface area contributed by atoms with E-state index in [4.69, 9.17) is 14.2 Å². The van der Waals surface area contributed by atoms with Crippen molar-refractivity contribution in [1.29, 1.82) is 0 Å². The lowest BCUT2D eigenvalue weighted by molar-refractivity contribution is -0.122. The van der Waals surface area contributed by atoms with Crippen molar-refractivity contribution in [3.05, 3.63) is 125 Å². The Labute approximate surface area is 260 Å².